The first kappa shape index (κ1) is 80.0. The first-order chi connectivity index (χ1) is 42.6. The van der Waals surface area contributed by atoms with Crippen LogP contribution in [0.5, 0.6) is 0 Å². The number of unbranched alkanes of at least 4 members (excludes halogenated alkanes) is 29. The molecule has 14 nitrogen and oxygen atoms in total. The summed E-state index contributed by atoms with van der Waals surface area (Å²) in [7, 11) is 0. The Kier molecular flexibility index (Phi) is 52.3. The molecule has 0 saturated carbocycles. The van der Waals surface area contributed by atoms with Gasteiger partial charge < -0.3 is 65.1 Å². The van der Waals surface area contributed by atoms with E-state index < -0.39 is 86.8 Å². The topological polar surface area (TPSA) is 228 Å². The summed E-state index contributed by atoms with van der Waals surface area (Å²) in [5, 5.41) is 87.4. The number of carbonyl (C=O) groups excluding carboxylic acids is 1. The summed E-state index contributed by atoms with van der Waals surface area (Å²) in [5.41, 5.74) is 0. The summed E-state index contributed by atoms with van der Waals surface area (Å²) >= 11 is 0. The van der Waals surface area contributed by atoms with Gasteiger partial charge in [-0.1, -0.05) is 265 Å². The lowest BCUT2D eigenvalue weighted by Crippen LogP contribution is -2.65. The normalized spacial score (nSPS) is 23.9. The number of aliphatic hydroxyl groups excluding tert-OH is 8. The zero-order valence-corrected chi connectivity index (χ0v) is 54.5. The Balaban J connectivity index is 1.69. The lowest BCUT2D eigenvalue weighted by Gasteiger charge is -2.46. The molecule has 502 valence electrons. The van der Waals surface area contributed by atoms with Gasteiger partial charge in [-0.2, -0.15) is 0 Å². The molecular weight excluding hydrogens is 1100 g/mol. The van der Waals surface area contributed by atoms with E-state index in [0.717, 1.165) is 77.0 Å². The van der Waals surface area contributed by atoms with Crippen molar-refractivity contribution in [2.45, 2.75) is 338 Å². The van der Waals surface area contributed by atoms with Crippen LogP contribution in [-0.2, 0) is 23.7 Å². The first-order valence-electron chi connectivity index (χ1n) is 35.0. The average molecular weight is 1230 g/mol. The molecule has 12 atom stereocenters. The van der Waals surface area contributed by atoms with Crippen molar-refractivity contribution in [3.8, 4) is 0 Å². The van der Waals surface area contributed by atoms with Gasteiger partial charge in [0.2, 0.25) is 5.91 Å². The summed E-state index contributed by atoms with van der Waals surface area (Å²) in [6.45, 7) is 2.68. The summed E-state index contributed by atoms with van der Waals surface area (Å²) in [4.78, 5) is 13.3. The van der Waals surface area contributed by atoms with Crippen LogP contribution in [0.1, 0.15) is 264 Å². The van der Waals surface area contributed by atoms with Gasteiger partial charge in [-0.3, -0.25) is 4.79 Å². The molecule has 0 spiro atoms. The van der Waals surface area contributed by atoms with Crippen LogP contribution in [0.15, 0.2) is 97.2 Å². The standard InChI is InChI=1S/C73H127NO13/c1-3-5-7-9-11-13-15-17-19-21-23-25-27-28-29-30-31-32-33-34-35-37-39-41-43-45-47-49-51-53-55-57-65(78)74-61(60-84-72-70(83)68(81)71(64(59-76)86-72)87-73-69(82)67(80)66(79)63(58-75)85-73)62(77)56-54-52-50-48-46-44-42-40-38-36-26-24-22-20-18-16-14-12-10-8-6-4-2/h5,7,11,13,17,19,23,25,28-29,38,40,46,48,54,56,61-64,66-73,75-77,79-83H,3-4,6,8-10,12,14-16,18,20-22,24,26-27,30-37,39,41-45,47,49-53,55,57-60H2,1-2H3,(H,74,78)/b7-5-,13-11-,19-17-,25-23-,29-28-,40-38+,48-46+,56-54+. The van der Waals surface area contributed by atoms with Crippen LogP contribution in [0.3, 0.4) is 0 Å². The van der Waals surface area contributed by atoms with Crippen molar-refractivity contribution in [2.24, 2.45) is 0 Å². The first-order valence-corrected chi connectivity index (χ1v) is 35.0. The zero-order valence-electron chi connectivity index (χ0n) is 54.5. The summed E-state index contributed by atoms with van der Waals surface area (Å²) < 4.78 is 22.8. The molecule has 2 fully saturated rings. The molecule has 12 unspecified atom stereocenters. The maximum absolute atomic E-state index is 13.3. The molecule has 0 bridgehead atoms. The maximum Gasteiger partial charge on any atom is 0.220 e. The largest absolute Gasteiger partial charge is 0.394 e. The van der Waals surface area contributed by atoms with Gasteiger partial charge >= 0.3 is 0 Å². The van der Waals surface area contributed by atoms with Gasteiger partial charge in [0.1, 0.15) is 48.8 Å². The van der Waals surface area contributed by atoms with Crippen molar-refractivity contribution in [2.75, 3.05) is 19.8 Å². The monoisotopic (exact) mass is 1230 g/mol. The van der Waals surface area contributed by atoms with E-state index in [1.165, 1.54) is 154 Å². The second kappa shape index (κ2) is 56.9. The number of amides is 1. The highest BCUT2D eigenvalue weighted by atomic mass is 16.7. The SMILES string of the molecule is CC/C=C\C/C=C\C/C=C\C/C=C\C/C=C\CCCCCCCCCCCCCCCCCC(=O)NC(COC1OC(CO)C(OC2OC(CO)C(O)C(O)C2O)C(O)C1O)C(O)/C=C/CC/C=C/CC/C=C/CCCCCCCCCCCCCC. The molecular formula is C73H127NO13. The number of ether oxygens (including phenoxy) is 4. The second-order valence-electron chi connectivity index (χ2n) is 24.3. The Morgan fingerprint density at radius 2 is 0.805 bits per heavy atom. The van der Waals surface area contributed by atoms with Crippen LogP contribution in [-0.4, -0.2) is 140 Å². The molecule has 0 aromatic rings. The molecule has 9 N–H and O–H groups in total. The van der Waals surface area contributed by atoms with Crippen molar-refractivity contribution in [1.29, 1.82) is 0 Å². The van der Waals surface area contributed by atoms with Crippen LogP contribution < -0.4 is 5.32 Å². The van der Waals surface area contributed by atoms with Gasteiger partial charge in [0.15, 0.2) is 12.6 Å². The summed E-state index contributed by atoms with van der Waals surface area (Å²) in [6, 6.07) is -0.944. The van der Waals surface area contributed by atoms with E-state index >= 15 is 0 Å². The zero-order chi connectivity index (χ0) is 63.1. The van der Waals surface area contributed by atoms with Crippen LogP contribution in [0.2, 0.25) is 0 Å². The number of nitrogens with one attached hydrogen (secondary N) is 1. The lowest BCUT2D eigenvalue weighted by atomic mass is 9.97. The smallest absolute Gasteiger partial charge is 0.220 e. The minimum absolute atomic E-state index is 0.255. The van der Waals surface area contributed by atoms with Crippen molar-refractivity contribution >= 4 is 5.91 Å². The summed E-state index contributed by atoms with van der Waals surface area (Å²) in [5.74, 6) is -0.255. The van der Waals surface area contributed by atoms with Crippen molar-refractivity contribution < 1.29 is 64.6 Å². The highest BCUT2D eigenvalue weighted by Crippen LogP contribution is 2.30. The predicted octanol–water partition coefficient (Wildman–Crippen LogP) is 14.2. The van der Waals surface area contributed by atoms with Crippen LogP contribution in [0, 0.1) is 0 Å². The Morgan fingerprint density at radius 1 is 0.425 bits per heavy atom. The van der Waals surface area contributed by atoms with E-state index in [1.807, 2.05) is 6.08 Å². The molecule has 0 aromatic carbocycles. The van der Waals surface area contributed by atoms with Crippen molar-refractivity contribution in [1.82, 2.24) is 5.32 Å². The molecule has 14 heteroatoms. The highest BCUT2D eigenvalue weighted by molar-refractivity contribution is 5.76. The van der Waals surface area contributed by atoms with E-state index in [9.17, 15) is 45.6 Å². The van der Waals surface area contributed by atoms with Gasteiger partial charge in [0.25, 0.3) is 0 Å². The Hall–Kier alpha value is -3.09. The molecule has 2 rings (SSSR count). The molecule has 2 saturated heterocycles. The van der Waals surface area contributed by atoms with Gasteiger partial charge in [-0.05, 0) is 89.9 Å². The fourth-order valence-electron chi connectivity index (χ4n) is 10.9. The molecule has 87 heavy (non-hydrogen) atoms. The van der Waals surface area contributed by atoms with E-state index in [-0.39, 0.29) is 18.9 Å². The fourth-order valence-corrected chi connectivity index (χ4v) is 10.9. The van der Waals surface area contributed by atoms with Gasteiger partial charge in [-0.15, -0.1) is 0 Å². The predicted molar refractivity (Wildman–Crippen MR) is 355 cm³/mol. The molecule has 0 aromatic heterocycles. The van der Waals surface area contributed by atoms with Crippen molar-refractivity contribution in [3.05, 3.63) is 97.2 Å². The fraction of sp³-hybridized carbons (Fsp3) is 0.767. The molecule has 0 radical (unpaired) electrons. The number of hydrogen-bond donors (Lipinski definition) is 9. The molecule has 2 aliphatic heterocycles. The summed E-state index contributed by atoms with van der Waals surface area (Å²) in [6.07, 6.45) is 63.1. The highest BCUT2D eigenvalue weighted by Gasteiger charge is 2.51. The Morgan fingerprint density at radius 3 is 1.26 bits per heavy atom. The minimum atomic E-state index is -1.80. The molecule has 2 heterocycles. The maximum atomic E-state index is 13.3. The van der Waals surface area contributed by atoms with Gasteiger partial charge in [-0.25, -0.2) is 0 Å². The van der Waals surface area contributed by atoms with Crippen LogP contribution in [0.4, 0.5) is 0 Å². The molecule has 2 aliphatic rings. The molecule has 0 aliphatic carbocycles. The Bertz CT molecular complexity index is 1830. The number of allylic oxidation sites excluding steroid dienone is 15. The number of aliphatic hydroxyl groups is 8. The van der Waals surface area contributed by atoms with E-state index in [4.69, 9.17) is 18.9 Å². The third-order valence-electron chi connectivity index (χ3n) is 16.5. The third kappa shape index (κ3) is 41.1. The van der Waals surface area contributed by atoms with E-state index in [2.05, 4.69) is 104 Å². The van der Waals surface area contributed by atoms with Crippen LogP contribution in [0.25, 0.3) is 0 Å². The van der Waals surface area contributed by atoms with Gasteiger partial charge in [0, 0.05) is 6.42 Å². The van der Waals surface area contributed by atoms with Crippen LogP contribution >= 0.6 is 0 Å². The second-order valence-corrected chi connectivity index (χ2v) is 24.3. The Labute approximate surface area is 528 Å². The molecule has 1 amide bonds. The van der Waals surface area contributed by atoms with E-state index in [0.29, 0.717) is 12.8 Å². The number of hydrogen-bond acceptors (Lipinski definition) is 13. The quantitative estimate of drug-likeness (QED) is 0.0204. The van der Waals surface area contributed by atoms with Gasteiger partial charge in [0.05, 0.1) is 32.0 Å². The third-order valence-corrected chi connectivity index (χ3v) is 16.5. The van der Waals surface area contributed by atoms with E-state index in [1.54, 1.807) is 6.08 Å². The minimum Gasteiger partial charge on any atom is -0.394 e. The number of rotatable bonds is 56. The average Bonchev–Trinajstić information content (AvgIpc) is 2.33. The lowest BCUT2D eigenvalue weighted by molar-refractivity contribution is -0.359. The number of carbonyl (C=O) groups is 1. The van der Waals surface area contributed by atoms with Crippen molar-refractivity contribution in [3.63, 3.8) is 0 Å².